The second-order valence-corrected chi connectivity index (χ2v) is 6.12. The van der Waals surface area contributed by atoms with Crippen LogP contribution in [0.3, 0.4) is 0 Å². The smallest absolute Gasteiger partial charge is 0.394 e. The Morgan fingerprint density at radius 3 is 2.59 bits per heavy atom. The molecule has 4 rings (SSSR count). The first-order valence-electron chi connectivity index (χ1n) is 7.61. The highest BCUT2D eigenvalue weighted by Crippen LogP contribution is 2.29. The van der Waals surface area contributed by atoms with Crippen molar-refractivity contribution in [2.24, 2.45) is 5.92 Å². The topological polar surface area (TPSA) is 41.6 Å². The number of carbonyl (C=O) groups excluding carboxylic acids is 1. The number of hydrogen-bond acceptors (Lipinski definition) is 3. The van der Waals surface area contributed by atoms with Gasteiger partial charge in [0.05, 0.1) is 5.56 Å². The molecule has 0 spiro atoms. The molecular formula is C16H20F2N2O2. The van der Waals surface area contributed by atoms with Crippen molar-refractivity contribution < 1.29 is 18.3 Å². The average molecular weight is 310 g/mol. The molecule has 1 amide bonds. The Hall–Kier alpha value is -1.69. The van der Waals surface area contributed by atoms with Gasteiger partial charge in [0.2, 0.25) is 0 Å². The standard InChI is InChI=1S/C16H20F2N2O2/c1-16(17,18)22-14-5-3-2-4-12(14)15(21)19-13-10-20-8-6-11(13)7-9-20/h2-5,11,13H,6-10H2,1H3,(H,19,21)/t13-/m1/s1. The molecular weight excluding hydrogens is 290 g/mol. The van der Waals surface area contributed by atoms with Crippen LogP contribution in [0.5, 0.6) is 5.75 Å². The number of fused-ring (bicyclic) bond motifs is 3. The quantitative estimate of drug-likeness (QED) is 0.929. The van der Waals surface area contributed by atoms with E-state index in [1.165, 1.54) is 12.1 Å². The summed E-state index contributed by atoms with van der Waals surface area (Å²) in [7, 11) is 0. The van der Waals surface area contributed by atoms with E-state index in [-0.39, 0.29) is 23.3 Å². The zero-order chi connectivity index (χ0) is 15.7. The molecule has 3 heterocycles. The first-order chi connectivity index (χ1) is 10.4. The van der Waals surface area contributed by atoms with E-state index >= 15 is 0 Å². The van der Waals surface area contributed by atoms with Crippen LogP contribution < -0.4 is 10.1 Å². The fraction of sp³-hybridized carbons (Fsp3) is 0.562. The molecule has 0 saturated carbocycles. The van der Waals surface area contributed by atoms with Crippen LogP contribution in [0.4, 0.5) is 8.78 Å². The summed E-state index contributed by atoms with van der Waals surface area (Å²) in [6.45, 7) is 3.66. The van der Waals surface area contributed by atoms with Crippen LogP contribution in [0.1, 0.15) is 30.1 Å². The van der Waals surface area contributed by atoms with E-state index in [1.54, 1.807) is 12.1 Å². The molecule has 3 fully saturated rings. The average Bonchev–Trinajstić information content (AvgIpc) is 2.47. The lowest BCUT2D eigenvalue weighted by Gasteiger charge is -2.44. The largest absolute Gasteiger partial charge is 0.432 e. The van der Waals surface area contributed by atoms with Crippen LogP contribution in [-0.2, 0) is 0 Å². The zero-order valence-corrected chi connectivity index (χ0v) is 12.5. The number of halogens is 2. The Morgan fingerprint density at radius 1 is 1.32 bits per heavy atom. The minimum Gasteiger partial charge on any atom is -0.432 e. The lowest BCUT2D eigenvalue weighted by Crippen LogP contribution is -2.57. The van der Waals surface area contributed by atoms with Gasteiger partial charge >= 0.3 is 6.11 Å². The molecule has 4 nitrogen and oxygen atoms in total. The summed E-state index contributed by atoms with van der Waals surface area (Å²) in [5, 5.41) is 2.99. The van der Waals surface area contributed by atoms with Gasteiger partial charge in [-0.25, -0.2) is 0 Å². The van der Waals surface area contributed by atoms with Gasteiger partial charge in [0.25, 0.3) is 5.91 Å². The van der Waals surface area contributed by atoms with Crippen LogP contribution in [0.2, 0.25) is 0 Å². The Morgan fingerprint density at radius 2 is 2.00 bits per heavy atom. The molecule has 3 saturated heterocycles. The van der Waals surface area contributed by atoms with E-state index in [9.17, 15) is 13.6 Å². The summed E-state index contributed by atoms with van der Waals surface area (Å²) in [5.41, 5.74) is 0.153. The third kappa shape index (κ3) is 3.38. The fourth-order valence-corrected chi connectivity index (χ4v) is 3.31. The SMILES string of the molecule is CC(F)(F)Oc1ccccc1C(=O)N[C@@H]1CN2CCC1CC2. The Kier molecular flexibility index (Phi) is 4.04. The van der Waals surface area contributed by atoms with Gasteiger partial charge in [0.15, 0.2) is 0 Å². The number of nitrogens with one attached hydrogen (secondary N) is 1. The third-order valence-corrected chi connectivity index (χ3v) is 4.39. The van der Waals surface area contributed by atoms with Crippen LogP contribution in [0, 0.1) is 5.92 Å². The van der Waals surface area contributed by atoms with Crippen molar-refractivity contribution in [3.8, 4) is 5.75 Å². The molecule has 0 unspecified atom stereocenters. The van der Waals surface area contributed by atoms with Crippen LogP contribution in [0.25, 0.3) is 0 Å². The van der Waals surface area contributed by atoms with Gasteiger partial charge in [-0.1, -0.05) is 12.1 Å². The van der Waals surface area contributed by atoms with E-state index < -0.39 is 6.11 Å². The monoisotopic (exact) mass is 310 g/mol. The van der Waals surface area contributed by atoms with E-state index in [1.807, 2.05) is 0 Å². The van der Waals surface area contributed by atoms with E-state index in [0.29, 0.717) is 12.8 Å². The van der Waals surface area contributed by atoms with Crippen molar-refractivity contribution in [2.75, 3.05) is 19.6 Å². The summed E-state index contributed by atoms with van der Waals surface area (Å²) in [5.74, 6) is 0.0435. The van der Waals surface area contributed by atoms with Gasteiger partial charge < -0.3 is 15.0 Å². The minimum absolute atomic E-state index is 0.0881. The number of rotatable bonds is 4. The molecule has 3 aliphatic rings. The van der Waals surface area contributed by atoms with Crippen molar-refractivity contribution in [2.45, 2.75) is 31.9 Å². The molecule has 0 radical (unpaired) electrons. The number of ether oxygens (including phenoxy) is 1. The molecule has 3 aliphatic heterocycles. The second kappa shape index (κ2) is 5.83. The lowest BCUT2D eigenvalue weighted by atomic mass is 9.84. The lowest BCUT2D eigenvalue weighted by molar-refractivity contribution is -0.159. The fourth-order valence-electron chi connectivity index (χ4n) is 3.31. The number of carbonyl (C=O) groups is 1. The maximum Gasteiger partial charge on any atom is 0.394 e. The molecule has 1 atom stereocenters. The van der Waals surface area contributed by atoms with Crippen LogP contribution in [0.15, 0.2) is 24.3 Å². The van der Waals surface area contributed by atoms with Gasteiger partial charge in [-0.05, 0) is 44.0 Å². The predicted molar refractivity (Wildman–Crippen MR) is 78.1 cm³/mol. The van der Waals surface area contributed by atoms with Crippen LogP contribution >= 0.6 is 0 Å². The highest BCUT2D eigenvalue weighted by atomic mass is 19.3. The number of nitrogens with zero attached hydrogens (tertiary/aromatic N) is 1. The van der Waals surface area contributed by atoms with Crippen molar-refractivity contribution in [3.05, 3.63) is 29.8 Å². The Labute approximate surface area is 128 Å². The summed E-state index contributed by atoms with van der Waals surface area (Å²) >= 11 is 0. The van der Waals surface area contributed by atoms with Gasteiger partial charge in [0, 0.05) is 19.5 Å². The molecule has 6 heteroatoms. The van der Waals surface area contributed by atoms with E-state index in [0.717, 1.165) is 32.5 Å². The van der Waals surface area contributed by atoms with Crippen molar-refractivity contribution in [3.63, 3.8) is 0 Å². The normalized spacial score (nSPS) is 27.5. The van der Waals surface area contributed by atoms with Gasteiger partial charge in [-0.2, -0.15) is 8.78 Å². The molecule has 0 aromatic heterocycles. The number of benzene rings is 1. The third-order valence-electron chi connectivity index (χ3n) is 4.39. The molecule has 2 bridgehead atoms. The Balaban J connectivity index is 1.72. The number of para-hydroxylation sites is 1. The minimum atomic E-state index is -3.31. The van der Waals surface area contributed by atoms with Crippen molar-refractivity contribution >= 4 is 5.91 Å². The number of piperidine rings is 3. The predicted octanol–water partition coefficient (Wildman–Crippen LogP) is 2.50. The Bertz CT molecular complexity index is 551. The molecule has 22 heavy (non-hydrogen) atoms. The summed E-state index contributed by atoms with van der Waals surface area (Å²) < 4.78 is 30.7. The summed E-state index contributed by atoms with van der Waals surface area (Å²) in [6.07, 6.45) is -1.15. The first kappa shape index (κ1) is 15.2. The molecule has 120 valence electrons. The molecule has 1 aromatic rings. The van der Waals surface area contributed by atoms with Gasteiger partial charge in [0.1, 0.15) is 5.75 Å². The van der Waals surface area contributed by atoms with Gasteiger partial charge in [-0.3, -0.25) is 4.79 Å². The summed E-state index contributed by atoms with van der Waals surface area (Å²) in [6, 6.07) is 6.21. The van der Waals surface area contributed by atoms with Crippen LogP contribution in [-0.4, -0.2) is 42.6 Å². The molecule has 1 N–H and O–H groups in total. The second-order valence-electron chi connectivity index (χ2n) is 6.12. The first-order valence-corrected chi connectivity index (χ1v) is 7.61. The van der Waals surface area contributed by atoms with Crippen molar-refractivity contribution in [1.29, 1.82) is 0 Å². The zero-order valence-electron chi connectivity index (χ0n) is 12.5. The highest BCUT2D eigenvalue weighted by molar-refractivity contribution is 5.97. The molecule has 0 aliphatic carbocycles. The van der Waals surface area contributed by atoms with Crippen molar-refractivity contribution in [1.82, 2.24) is 10.2 Å². The number of hydrogen-bond donors (Lipinski definition) is 1. The molecule has 1 aromatic carbocycles. The van der Waals surface area contributed by atoms with Gasteiger partial charge in [-0.15, -0.1) is 0 Å². The highest BCUT2D eigenvalue weighted by Gasteiger charge is 2.35. The van der Waals surface area contributed by atoms with E-state index in [2.05, 4.69) is 15.0 Å². The summed E-state index contributed by atoms with van der Waals surface area (Å²) in [4.78, 5) is 14.8. The maximum absolute atomic E-state index is 13.1. The number of amides is 1. The maximum atomic E-state index is 13.1. The van der Waals surface area contributed by atoms with E-state index in [4.69, 9.17) is 0 Å². The number of alkyl halides is 2.